The molecule has 0 spiro atoms. The smallest absolute Gasteiger partial charge is 0.382 e. The number of fused-ring (bicyclic) bond motifs is 1. The SMILES string of the molecule is CNC(=O)c1cn2ncnc(N)c2c1-c1ccc(NC(=O)Nc2cc(F)cc(C(F)(F)F)c2)cc1. The van der Waals surface area contributed by atoms with Gasteiger partial charge in [0, 0.05) is 30.2 Å². The lowest BCUT2D eigenvalue weighted by Crippen LogP contribution is -2.20. The minimum Gasteiger partial charge on any atom is -0.382 e. The third-order valence-electron chi connectivity index (χ3n) is 4.99. The Balaban J connectivity index is 1.58. The second-order valence-electron chi connectivity index (χ2n) is 7.32. The summed E-state index contributed by atoms with van der Waals surface area (Å²) in [5, 5.41) is 11.2. The third-order valence-corrected chi connectivity index (χ3v) is 4.99. The first-order valence-electron chi connectivity index (χ1n) is 9.97. The van der Waals surface area contributed by atoms with Crippen molar-refractivity contribution in [3.63, 3.8) is 0 Å². The summed E-state index contributed by atoms with van der Waals surface area (Å²) < 4.78 is 53.6. The summed E-state index contributed by atoms with van der Waals surface area (Å²) >= 11 is 0. The number of halogens is 4. The Morgan fingerprint density at radius 3 is 2.37 bits per heavy atom. The largest absolute Gasteiger partial charge is 0.416 e. The molecular formula is C22H17F4N7O2. The van der Waals surface area contributed by atoms with Gasteiger partial charge in [0.2, 0.25) is 0 Å². The number of hydrogen-bond acceptors (Lipinski definition) is 5. The lowest BCUT2D eigenvalue weighted by molar-refractivity contribution is -0.137. The van der Waals surface area contributed by atoms with E-state index in [4.69, 9.17) is 5.73 Å². The monoisotopic (exact) mass is 487 g/mol. The quantitative estimate of drug-likeness (QED) is 0.322. The van der Waals surface area contributed by atoms with Crippen molar-refractivity contribution in [1.82, 2.24) is 19.9 Å². The molecule has 0 saturated heterocycles. The second kappa shape index (κ2) is 8.93. The molecule has 2 aromatic carbocycles. The molecule has 35 heavy (non-hydrogen) atoms. The van der Waals surface area contributed by atoms with Gasteiger partial charge in [0.25, 0.3) is 5.91 Å². The highest BCUT2D eigenvalue weighted by Gasteiger charge is 2.31. The predicted octanol–water partition coefficient (Wildman–Crippen LogP) is 4.14. The van der Waals surface area contributed by atoms with E-state index in [1.807, 2.05) is 0 Å². The van der Waals surface area contributed by atoms with E-state index < -0.39 is 23.6 Å². The molecule has 0 bridgehead atoms. The molecule has 2 heterocycles. The number of benzene rings is 2. The van der Waals surface area contributed by atoms with Crippen molar-refractivity contribution in [2.45, 2.75) is 6.18 Å². The molecule has 4 aromatic rings. The van der Waals surface area contributed by atoms with Crippen molar-refractivity contribution < 1.29 is 27.2 Å². The summed E-state index contributed by atoms with van der Waals surface area (Å²) in [5.41, 5.74) is 6.44. The number of rotatable bonds is 4. The van der Waals surface area contributed by atoms with Crippen LogP contribution in [0.25, 0.3) is 16.6 Å². The number of anilines is 3. The van der Waals surface area contributed by atoms with E-state index in [-0.39, 0.29) is 23.1 Å². The molecule has 5 N–H and O–H groups in total. The van der Waals surface area contributed by atoms with E-state index in [1.54, 1.807) is 12.1 Å². The van der Waals surface area contributed by atoms with E-state index in [1.165, 1.54) is 36.2 Å². The Labute approximate surface area is 195 Å². The van der Waals surface area contributed by atoms with E-state index in [0.717, 1.165) is 6.07 Å². The van der Waals surface area contributed by atoms with Gasteiger partial charge in [-0.1, -0.05) is 12.1 Å². The summed E-state index contributed by atoms with van der Waals surface area (Å²) in [6, 6.07) is 7.08. The maximum atomic E-state index is 13.5. The molecule has 0 saturated carbocycles. The van der Waals surface area contributed by atoms with Gasteiger partial charge in [-0.2, -0.15) is 18.3 Å². The van der Waals surface area contributed by atoms with E-state index in [0.29, 0.717) is 34.3 Å². The van der Waals surface area contributed by atoms with Crippen molar-refractivity contribution in [1.29, 1.82) is 0 Å². The molecule has 0 radical (unpaired) electrons. The molecule has 4 rings (SSSR count). The van der Waals surface area contributed by atoms with E-state index >= 15 is 0 Å². The van der Waals surface area contributed by atoms with Gasteiger partial charge in [0.1, 0.15) is 17.7 Å². The number of urea groups is 1. The zero-order valence-electron chi connectivity index (χ0n) is 17.9. The summed E-state index contributed by atoms with van der Waals surface area (Å²) in [6.07, 6.45) is -2.01. The Bertz CT molecular complexity index is 1430. The zero-order chi connectivity index (χ0) is 25.3. The number of alkyl halides is 3. The Hall–Kier alpha value is -4.68. The number of carbonyl (C=O) groups excluding carboxylic acids is 2. The predicted molar refractivity (Wildman–Crippen MR) is 120 cm³/mol. The molecule has 0 aliphatic heterocycles. The fourth-order valence-corrected chi connectivity index (χ4v) is 3.47. The van der Waals surface area contributed by atoms with Crippen molar-refractivity contribution in [2.24, 2.45) is 0 Å². The van der Waals surface area contributed by atoms with Crippen LogP contribution in [0.2, 0.25) is 0 Å². The van der Waals surface area contributed by atoms with Gasteiger partial charge in [-0.15, -0.1) is 0 Å². The van der Waals surface area contributed by atoms with Crippen LogP contribution in [-0.4, -0.2) is 33.6 Å². The van der Waals surface area contributed by atoms with E-state index in [9.17, 15) is 27.2 Å². The van der Waals surface area contributed by atoms with Crippen LogP contribution < -0.4 is 21.7 Å². The molecule has 180 valence electrons. The first-order valence-corrected chi connectivity index (χ1v) is 9.97. The van der Waals surface area contributed by atoms with Gasteiger partial charge in [-0.25, -0.2) is 18.7 Å². The van der Waals surface area contributed by atoms with E-state index in [2.05, 4.69) is 26.0 Å². The topological polar surface area (TPSA) is 126 Å². The average molecular weight is 487 g/mol. The fourth-order valence-electron chi connectivity index (χ4n) is 3.47. The number of carbonyl (C=O) groups is 2. The van der Waals surface area contributed by atoms with Crippen molar-refractivity contribution in [3.8, 4) is 11.1 Å². The molecule has 9 nitrogen and oxygen atoms in total. The van der Waals surface area contributed by atoms with Crippen LogP contribution in [-0.2, 0) is 6.18 Å². The van der Waals surface area contributed by atoms with Crippen molar-refractivity contribution in [3.05, 3.63) is 71.9 Å². The zero-order valence-corrected chi connectivity index (χ0v) is 17.9. The summed E-state index contributed by atoms with van der Waals surface area (Å²) in [6.45, 7) is 0. The summed E-state index contributed by atoms with van der Waals surface area (Å²) in [4.78, 5) is 28.6. The maximum Gasteiger partial charge on any atom is 0.416 e. The van der Waals surface area contributed by atoms with Gasteiger partial charge in [-0.3, -0.25) is 4.79 Å². The minimum atomic E-state index is -4.77. The van der Waals surface area contributed by atoms with Crippen LogP contribution in [0.15, 0.2) is 55.0 Å². The molecule has 3 amide bonds. The Kier molecular flexibility index (Phi) is 5.99. The lowest BCUT2D eigenvalue weighted by atomic mass is 10.0. The first-order chi connectivity index (χ1) is 16.6. The molecule has 0 atom stereocenters. The van der Waals surface area contributed by atoms with Crippen molar-refractivity contribution >= 4 is 34.6 Å². The number of nitrogens with two attached hydrogens (primary N) is 1. The van der Waals surface area contributed by atoms with Crippen molar-refractivity contribution in [2.75, 3.05) is 23.4 Å². The highest BCUT2D eigenvalue weighted by Crippen LogP contribution is 2.34. The summed E-state index contributed by atoms with van der Waals surface area (Å²) in [7, 11) is 1.48. The van der Waals surface area contributed by atoms with Gasteiger partial charge >= 0.3 is 12.2 Å². The number of amides is 3. The molecule has 0 fully saturated rings. The minimum absolute atomic E-state index is 0.153. The number of nitrogens with zero attached hydrogens (tertiary/aromatic N) is 3. The fraction of sp³-hybridized carbons (Fsp3) is 0.0909. The van der Waals surface area contributed by atoms with Gasteiger partial charge < -0.3 is 21.7 Å². The third kappa shape index (κ3) is 4.83. The van der Waals surface area contributed by atoms with Crippen LogP contribution in [0.5, 0.6) is 0 Å². The first kappa shape index (κ1) is 23.5. The molecule has 0 aliphatic rings. The summed E-state index contributed by atoms with van der Waals surface area (Å²) in [5.74, 6) is -1.37. The lowest BCUT2D eigenvalue weighted by Gasteiger charge is -2.12. The average Bonchev–Trinajstić information content (AvgIpc) is 3.19. The number of hydrogen-bond donors (Lipinski definition) is 4. The second-order valence-corrected chi connectivity index (χ2v) is 7.32. The number of aromatic nitrogens is 3. The van der Waals surface area contributed by atoms with Crippen LogP contribution in [0.1, 0.15) is 15.9 Å². The molecule has 2 aromatic heterocycles. The van der Waals surface area contributed by atoms with Crippen LogP contribution >= 0.6 is 0 Å². The number of nitrogens with one attached hydrogen (secondary N) is 3. The van der Waals surface area contributed by atoms with Crippen LogP contribution in [0.4, 0.5) is 39.5 Å². The maximum absolute atomic E-state index is 13.5. The Morgan fingerprint density at radius 1 is 1.03 bits per heavy atom. The van der Waals surface area contributed by atoms with Crippen LogP contribution in [0, 0.1) is 5.82 Å². The van der Waals surface area contributed by atoms with Crippen LogP contribution in [0.3, 0.4) is 0 Å². The highest BCUT2D eigenvalue weighted by atomic mass is 19.4. The van der Waals surface area contributed by atoms with Gasteiger partial charge in [0.05, 0.1) is 11.1 Å². The number of nitrogen functional groups attached to an aromatic ring is 1. The Morgan fingerprint density at radius 2 is 1.71 bits per heavy atom. The standard InChI is InChI=1S/C22H17F4N7O2/c1-28-20(34)16-9-33-18(19(27)29-10-30-33)17(16)11-2-4-14(5-3-11)31-21(35)32-15-7-12(22(24,25)26)6-13(23)8-15/h2-10H,1H3,(H,28,34)(H2,27,29,30)(H2,31,32,35). The molecule has 13 heteroatoms. The van der Waals surface area contributed by atoms with Gasteiger partial charge in [0.15, 0.2) is 5.82 Å². The molecule has 0 unspecified atom stereocenters. The van der Waals surface area contributed by atoms with Gasteiger partial charge in [-0.05, 0) is 35.9 Å². The normalized spacial score (nSPS) is 11.3. The molecular weight excluding hydrogens is 470 g/mol. The molecule has 0 aliphatic carbocycles. The highest BCUT2D eigenvalue weighted by molar-refractivity contribution is 6.07.